The van der Waals surface area contributed by atoms with E-state index in [4.69, 9.17) is 0 Å². The van der Waals surface area contributed by atoms with Crippen LogP contribution in [0.2, 0.25) is 0 Å². The van der Waals surface area contributed by atoms with Crippen LogP contribution >= 0.6 is 0 Å². The summed E-state index contributed by atoms with van der Waals surface area (Å²) in [5.41, 5.74) is 0.860. The number of hydrogen-bond donors (Lipinski definition) is 1. The molecule has 0 aliphatic rings. The molecule has 0 amide bonds. The maximum Gasteiger partial charge on any atom is 0.387 e. The van der Waals surface area contributed by atoms with Gasteiger partial charge in [-0.05, 0) is 45.4 Å². The summed E-state index contributed by atoms with van der Waals surface area (Å²) in [5, 5.41) is 0. The van der Waals surface area contributed by atoms with Crippen molar-refractivity contribution in [3.05, 3.63) is 29.8 Å². The lowest BCUT2D eigenvalue weighted by molar-refractivity contribution is -0.0498. The lowest BCUT2D eigenvalue weighted by atomic mass is 10.1. The van der Waals surface area contributed by atoms with E-state index in [0.717, 1.165) is 5.56 Å². The molecule has 0 aromatic heterocycles. The number of alkyl halides is 2. The fraction of sp³-hybridized carbons (Fsp3) is 0.538. The van der Waals surface area contributed by atoms with Gasteiger partial charge in [-0.1, -0.05) is 12.1 Å². The van der Waals surface area contributed by atoms with Gasteiger partial charge in [0.1, 0.15) is 10.5 Å². The summed E-state index contributed by atoms with van der Waals surface area (Å²) in [6.07, 6.45) is 0. The van der Waals surface area contributed by atoms with Crippen LogP contribution in [0.3, 0.4) is 0 Å². The standard InChI is InChI=1S/C13H19F2NO2S/c1-9(16-19(17)13(2,3)4)10-5-7-11(8-6-10)18-12(14)15/h5-9,12,16H,1-4H3/t9-,19-/m0/s1. The van der Waals surface area contributed by atoms with E-state index in [-0.39, 0.29) is 16.5 Å². The van der Waals surface area contributed by atoms with E-state index in [1.165, 1.54) is 12.1 Å². The molecule has 1 aromatic rings. The quantitative estimate of drug-likeness (QED) is 0.846. The summed E-state index contributed by atoms with van der Waals surface area (Å²) in [4.78, 5) is 0. The van der Waals surface area contributed by atoms with Crippen LogP contribution in [0.5, 0.6) is 5.75 Å². The summed E-state index contributed by atoms with van der Waals surface area (Å²) < 4.78 is 42.8. The summed E-state index contributed by atoms with van der Waals surface area (Å²) in [6, 6.07) is 6.16. The third kappa shape index (κ3) is 5.34. The lowest BCUT2D eigenvalue weighted by Crippen LogP contribution is -2.40. The van der Waals surface area contributed by atoms with Gasteiger partial charge >= 0.3 is 6.61 Å². The van der Waals surface area contributed by atoms with Gasteiger partial charge in [0.05, 0.1) is 6.04 Å². The van der Waals surface area contributed by atoms with Gasteiger partial charge in [0.15, 0.2) is 0 Å². The Morgan fingerprint density at radius 2 is 1.74 bits per heavy atom. The van der Waals surface area contributed by atoms with Gasteiger partial charge in [0.25, 0.3) is 0 Å². The average molecular weight is 291 g/mol. The molecule has 0 heterocycles. The highest BCUT2D eigenvalue weighted by Gasteiger charge is 2.28. The molecular weight excluding hydrogens is 272 g/mol. The third-order valence-electron chi connectivity index (χ3n) is 2.45. The fourth-order valence-electron chi connectivity index (χ4n) is 1.34. The molecule has 2 atom stereocenters. The second kappa shape index (κ2) is 6.54. The van der Waals surface area contributed by atoms with Crippen molar-refractivity contribution in [2.75, 3.05) is 0 Å². The second-order valence-electron chi connectivity index (χ2n) is 5.17. The zero-order valence-corrected chi connectivity index (χ0v) is 12.3. The first-order valence-corrected chi connectivity index (χ1v) is 7.08. The summed E-state index contributed by atoms with van der Waals surface area (Å²) in [7, 11) is 0. The molecule has 0 aliphatic heterocycles. The zero-order valence-electron chi connectivity index (χ0n) is 11.4. The minimum absolute atomic E-state index is 0.114. The Balaban J connectivity index is 2.65. The van der Waals surface area contributed by atoms with E-state index in [1.54, 1.807) is 12.1 Å². The zero-order chi connectivity index (χ0) is 14.6. The number of hydrogen-bond acceptors (Lipinski definition) is 3. The van der Waals surface area contributed by atoms with Crippen LogP contribution in [-0.2, 0) is 11.4 Å². The van der Waals surface area contributed by atoms with Gasteiger partial charge < -0.3 is 9.29 Å². The van der Waals surface area contributed by atoms with Crippen molar-refractivity contribution in [3.8, 4) is 5.75 Å². The predicted molar refractivity (Wildman–Crippen MR) is 72.5 cm³/mol. The molecule has 0 bridgehead atoms. The van der Waals surface area contributed by atoms with Gasteiger partial charge in [-0.15, -0.1) is 4.72 Å². The van der Waals surface area contributed by atoms with Gasteiger partial charge in [0.2, 0.25) is 0 Å². The number of rotatable bonds is 5. The monoisotopic (exact) mass is 291 g/mol. The fourth-order valence-corrected chi connectivity index (χ4v) is 2.15. The molecule has 1 N–H and O–H groups in total. The molecule has 1 rings (SSSR count). The minimum Gasteiger partial charge on any atom is -0.598 e. The second-order valence-corrected chi connectivity index (χ2v) is 7.17. The summed E-state index contributed by atoms with van der Waals surface area (Å²) in [6.45, 7) is 4.68. The number of nitrogens with one attached hydrogen (secondary N) is 1. The van der Waals surface area contributed by atoms with Crippen LogP contribution < -0.4 is 9.46 Å². The first-order chi connectivity index (χ1) is 8.70. The van der Waals surface area contributed by atoms with Gasteiger partial charge in [-0.25, -0.2) is 0 Å². The number of ether oxygens (including phenoxy) is 1. The molecule has 108 valence electrons. The van der Waals surface area contributed by atoms with Crippen LogP contribution in [0.1, 0.15) is 39.3 Å². The van der Waals surface area contributed by atoms with Gasteiger partial charge in [0, 0.05) is 11.4 Å². The van der Waals surface area contributed by atoms with Crippen molar-refractivity contribution < 1.29 is 18.1 Å². The van der Waals surface area contributed by atoms with Crippen molar-refractivity contribution in [1.82, 2.24) is 4.72 Å². The Hall–Kier alpha value is -0.850. The van der Waals surface area contributed by atoms with Crippen LogP contribution in [0.15, 0.2) is 24.3 Å². The Kier molecular flexibility index (Phi) is 5.58. The van der Waals surface area contributed by atoms with E-state index in [9.17, 15) is 13.3 Å². The first-order valence-electron chi connectivity index (χ1n) is 5.93. The molecule has 6 heteroatoms. The molecule has 1 aromatic carbocycles. The molecule has 19 heavy (non-hydrogen) atoms. The Morgan fingerprint density at radius 3 is 2.16 bits per heavy atom. The van der Waals surface area contributed by atoms with E-state index < -0.39 is 18.0 Å². The van der Waals surface area contributed by atoms with Crippen LogP contribution in [-0.4, -0.2) is 15.9 Å². The van der Waals surface area contributed by atoms with E-state index in [2.05, 4.69) is 9.46 Å². The summed E-state index contributed by atoms with van der Waals surface area (Å²) in [5.74, 6) is 0.114. The highest BCUT2D eigenvalue weighted by atomic mass is 32.2. The topological polar surface area (TPSA) is 44.3 Å². The molecule has 0 radical (unpaired) electrons. The number of halogens is 2. The Labute approximate surface area is 115 Å². The molecule has 3 nitrogen and oxygen atoms in total. The molecule has 0 fully saturated rings. The van der Waals surface area contributed by atoms with Crippen molar-refractivity contribution >= 4 is 11.4 Å². The molecule has 0 saturated heterocycles. The Morgan fingerprint density at radius 1 is 1.21 bits per heavy atom. The molecule has 0 aliphatic carbocycles. The highest BCUT2D eigenvalue weighted by molar-refractivity contribution is 7.90. The average Bonchev–Trinajstić information content (AvgIpc) is 2.27. The maximum atomic E-state index is 12.0. The first kappa shape index (κ1) is 16.2. The molecular formula is C13H19F2NO2S. The van der Waals surface area contributed by atoms with Crippen molar-refractivity contribution in [1.29, 1.82) is 0 Å². The SMILES string of the molecule is C[C@H](N[S@@+]([O-])C(C)(C)C)c1ccc(OC(F)F)cc1. The largest absolute Gasteiger partial charge is 0.598 e. The van der Waals surface area contributed by atoms with Gasteiger partial charge in [-0.3, -0.25) is 0 Å². The van der Waals surface area contributed by atoms with Crippen LogP contribution in [0.25, 0.3) is 0 Å². The summed E-state index contributed by atoms with van der Waals surface area (Å²) >= 11 is -1.18. The van der Waals surface area contributed by atoms with Crippen molar-refractivity contribution in [2.24, 2.45) is 0 Å². The molecule has 0 unspecified atom stereocenters. The van der Waals surface area contributed by atoms with Crippen LogP contribution in [0.4, 0.5) is 8.78 Å². The highest BCUT2D eigenvalue weighted by Crippen LogP contribution is 2.22. The lowest BCUT2D eigenvalue weighted by Gasteiger charge is -2.26. The molecule has 0 saturated carbocycles. The molecule has 0 spiro atoms. The minimum atomic E-state index is -2.82. The normalized spacial score (nSPS) is 15.4. The smallest absolute Gasteiger partial charge is 0.387 e. The third-order valence-corrected chi connectivity index (χ3v) is 4.13. The van der Waals surface area contributed by atoms with Crippen molar-refractivity contribution in [2.45, 2.75) is 45.1 Å². The van der Waals surface area contributed by atoms with Gasteiger partial charge in [-0.2, -0.15) is 8.78 Å². The Bertz CT molecular complexity index is 393. The maximum absolute atomic E-state index is 12.0. The van der Waals surface area contributed by atoms with Crippen LogP contribution in [0, 0.1) is 0 Å². The predicted octanol–water partition coefficient (Wildman–Crippen LogP) is 3.40. The number of benzene rings is 1. The van der Waals surface area contributed by atoms with E-state index in [0.29, 0.717) is 0 Å². The van der Waals surface area contributed by atoms with Crippen molar-refractivity contribution in [3.63, 3.8) is 0 Å². The van der Waals surface area contributed by atoms with E-state index >= 15 is 0 Å². The van der Waals surface area contributed by atoms with E-state index in [1.807, 2.05) is 27.7 Å².